The van der Waals surface area contributed by atoms with Crippen LogP contribution in [0.4, 0.5) is 0 Å². The molecule has 7 heteroatoms. The van der Waals surface area contributed by atoms with Crippen LogP contribution in [0.5, 0.6) is 0 Å². The highest BCUT2D eigenvalue weighted by Crippen LogP contribution is 2.26. The van der Waals surface area contributed by atoms with Crippen molar-refractivity contribution in [2.24, 2.45) is 5.16 Å². The number of nitrogens with zero attached hydrogens (tertiary/aromatic N) is 4. The fourth-order valence-corrected chi connectivity index (χ4v) is 3.14. The van der Waals surface area contributed by atoms with E-state index in [4.69, 9.17) is 4.84 Å². The van der Waals surface area contributed by atoms with Gasteiger partial charge >= 0.3 is 0 Å². The lowest BCUT2D eigenvalue weighted by Crippen LogP contribution is -2.45. The van der Waals surface area contributed by atoms with Gasteiger partial charge in [-0.1, -0.05) is 41.6 Å². The molecular formula is C20H21N5O2. The number of rotatable bonds is 6. The second-order valence-corrected chi connectivity index (χ2v) is 6.81. The minimum Gasteiger partial charge on any atom is -0.379 e. The number of nitrogens with one attached hydrogen (secondary N) is 1. The summed E-state index contributed by atoms with van der Waals surface area (Å²) in [7, 11) is 0. The Kier molecular flexibility index (Phi) is 4.58. The number of carbonyl (C=O) groups excluding carboxylic acids is 1. The van der Waals surface area contributed by atoms with Crippen molar-refractivity contribution >= 4 is 17.3 Å². The zero-order chi connectivity index (χ0) is 18.7. The average Bonchev–Trinajstić information content (AvgIpc) is 3.31. The summed E-state index contributed by atoms with van der Waals surface area (Å²) in [5, 5.41) is 15.4. The third-order valence-corrected chi connectivity index (χ3v) is 4.70. The quantitative estimate of drug-likeness (QED) is 0.682. The summed E-state index contributed by atoms with van der Waals surface area (Å²) >= 11 is 0. The van der Waals surface area contributed by atoms with Crippen LogP contribution in [0.1, 0.15) is 31.2 Å². The molecule has 1 aliphatic rings. The van der Waals surface area contributed by atoms with Gasteiger partial charge in [-0.15, -0.1) is 10.2 Å². The number of hydrogen-bond donors (Lipinski definition) is 1. The van der Waals surface area contributed by atoms with Crippen molar-refractivity contribution in [2.45, 2.75) is 31.8 Å². The van der Waals surface area contributed by atoms with Gasteiger partial charge in [-0.3, -0.25) is 9.20 Å². The Morgan fingerprint density at radius 3 is 2.85 bits per heavy atom. The Hall–Kier alpha value is -3.22. The second-order valence-electron chi connectivity index (χ2n) is 6.81. The largest absolute Gasteiger partial charge is 0.379 e. The highest BCUT2D eigenvalue weighted by Gasteiger charge is 2.41. The molecule has 27 heavy (non-hydrogen) atoms. The van der Waals surface area contributed by atoms with Crippen LogP contribution in [-0.2, 0) is 16.1 Å². The fourth-order valence-electron chi connectivity index (χ4n) is 3.14. The van der Waals surface area contributed by atoms with E-state index < -0.39 is 5.60 Å². The smallest absolute Gasteiger partial charge is 0.267 e. The summed E-state index contributed by atoms with van der Waals surface area (Å²) in [6, 6.07) is 15.6. The normalized spacial score (nSPS) is 18.9. The first-order valence-electron chi connectivity index (χ1n) is 9.03. The monoisotopic (exact) mass is 363 g/mol. The maximum Gasteiger partial charge on any atom is 0.267 e. The van der Waals surface area contributed by atoms with Crippen LogP contribution in [0.25, 0.3) is 5.65 Å². The van der Waals surface area contributed by atoms with Gasteiger partial charge in [0.2, 0.25) is 5.60 Å². The van der Waals surface area contributed by atoms with E-state index in [0.717, 1.165) is 35.6 Å². The zero-order valence-corrected chi connectivity index (χ0v) is 15.1. The van der Waals surface area contributed by atoms with Gasteiger partial charge in [0, 0.05) is 25.6 Å². The molecule has 1 N–H and O–H groups in total. The maximum absolute atomic E-state index is 12.6. The lowest BCUT2D eigenvalue weighted by atomic mass is 9.95. The van der Waals surface area contributed by atoms with Crippen LogP contribution in [-0.4, -0.2) is 38.4 Å². The van der Waals surface area contributed by atoms with E-state index in [-0.39, 0.29) is 5.91 Å². The lowest BCUT2D eigenvalue weighted by Gasteiger charge is -2.20. The molecule has 0 bridgehead atoms. The summed E-state index contributed by atoms with van der Waals surface area (Å²) in [6.07, 6.45) is 3.90. The number of oxime groups is 1. The third kappa shape index (κ3) is 3.53. The molecule has 138 valence electrons. The van der Waals surface area contributed by atoms with Crippen molar-refractivity contribution < 1.29 is 9.63 Å². The van der Waals surface area contributed by atoms with Crippen LogP contribution in [0.3, 0.4) is 0 Å². The molecule has 0 spiro atoms. The highest BCUT2D eigenvalue weighted by atomic mass is 16.7. The predicted molar refractivity (Wildman–Crippen MR) is 101 cm³/mol. The van der Waals surface area contributed by atoms with E-state index >= 15 is 0 Å². The van der Waals surface area contributed by atoms with Crippen LogP contribution in [0.2, 0.25) is 0 Å². The van der Waals surface area contributed by atoms with Gasteiger partial charge in [0.1, 0.15) is 5.82 Å². The number of pyridine rings is 1. The van der Waals surface area contributed by atoms with E-state index in [1.807, 2.05) is 59.1 Å². The standard InChI is InChI=1S/C20H21N5O2/c1-20(14-16(24-27-20)15-8-3-2-4-9-15)19(26)21-12-7-11-18-23-22-17-10-5-6-13-25(17)18/h2-6,8-10,13H,7,11-12,14H2,1H3,(H,21,26). The first-order chi connectivity index (χ1) is 13.2. The van der Waals surface area contributed by atoms with Gasteiger partial charge in [0.15, 0.2) is 5.65 Å². The van der Waals surface area contributed by atoms with Gasteiger partial charge in [-0.2, -0.15) is 0 Å². The molecule has 0 fully saturated rings. The molecule has 0 saturated carbocycles. The fraction of sp³-hybridized carbons (Fsp3) is 0.300. The van der Waals surface area contributed by atoms with Crippen molar-refractivity contribution in [1.29, 1.82) is 0 Å². The van der Waals surface area contributed by atoms with E-state index in [2.05, 4.69) is 20.7 Å². The molecular weight excluding hydrogens is 342 g/mol. The summed E-state index contributed by atoms with van der Waals surface area (Å²) in [6.45, 7) is 2.31. The van der Waals surface area contributed by atoms with Gasteiger partial charge < -0.3 is 10.2 Å². The molecule has 1 aromatic carbocycles. The number of fused-ring (bicyclic) bond motifs is 1. The maximum atomic E-state index is 12.6. The van der Waals surface area contributed by atoms with E-state index in [1.54, 1.807) is 6.92 Å². The molecule has 2 aromatic heterocycles. The van der Waals surface area contributed by atoms with Gasteiger partial charge in [-0.25, -0.2) is 0 Å². The number of aromatic nitrogens is 3. The van der Waals surface area contributed by atoms with Crippen LogP contribution >= 0.6 is 0 Å². The van der Waals surface area contributed by atoms with E-state index in [1.165, 1.54) is 0 Å². The van der Waals surface area contributed by atoms with Crippen LogP contribution in [0, 0.1) is 0 Å². The molecule has 3 aromatic rings. The number of carbonyl (C=O) groups is 1. The third-order valence-electron chi connectivity index (χ3n) is 4.70. The summed E-state index contributed by atoms with van der Waals surface area (Å²) in [4.78, 5) is 18.1. The zero-order valence-electron chi connectivity index (χ0n) is 15.1. The van der Waals surface area contributed by atoms with E-state index in [9.17, 15) is 4.79 Å². The molecule has 7 nitrogen and oxygen atoms in total. The molecule has 1 unspecified atom stereocenters. The summed E-state index contributed by atoms with van der Waals surface area (Å²) < 4.78 is 1.96. The number of benzene rings is 1. The average molecular weight is 363 g/mol. The van der Waals surface area contributed by atoms with Gasteiger partial charge in [0.05, 0.1) is 5.71 Å². The SMILES string of the molecule is CC1(C(=O)NCCCc2nnc3ccccn23)CC(c2ccccc2)=NO1. The van der Waals surface area contributed by atoms with Gasteiger partial charge in [0.25, 0.3) is 5.91 Å². The van der Waals surface area contributed by atoms with E-state index in [0.29, 0.717) is 13.0 Å². The number of aryl methyl sites for hydroxylation is 1. The summed E-state index contributed by atoms with van der Waals surface area (Å²) in [5.41, 5.74) is 1.64. The number of hydrogen-bond acceptors (Lipinski definition) is 5. The van der Waals surface area contributed by atoms with Crippen LogP contribution in [0.15, 0.2) is 59.9 Å². The topological polar surface area (TPSA) is 80.9 Å². The Morgan fingerprint density at radius 1 is 1.19 bits per heavy atom. The Balaban J connectivity index is 1.28. The molecule has 0 radical (unpaired) electrons. The number of amides is 1. The molecule has 1 aliphatic heterocycles. The van der Waals surface area contributed by atoms with Crippen molar-refractivity contribution in [1.82, 2.24) is 19.9 Å². The predicted octanol–water partition coefficient (Wildman–Crippen LogP) is 2.36. The molecule has 4 rings (SSSR count). The molecule has 1 atom stereocenters. The first kappa shape index (κ1) is 17.2. The van der Waals surface area contributed by atoms with Crippen LogP contribution < -0.4 is 5.32 Å². The van der Waals surface area contributed by atoms with Gasteiger partial charge in [-0.05, 0) is 31.0 Å². The summed E-state index contributed by atoms with van der Waals surface area (Å²) in [5.74, 6) is 0.737. The van der Waals surface area contributed by atoms with Crippen molar-refractivity contribution in [3.8, 4) is 0 Å². The second kappa shape index (κ2) is 7.19. The Bertz CT molecular complexity index is 982. The molecule has 0 aliphatic carbocycles. The minimum absolute atomic E-state index is 0.150. The minimum atomic E-state index is -0.966. The molecule has 3 heterocycles. The highest BCUT2D eigenvalue weighted by molar-refractivity contribution is 6.05. The van der Waals surface area contributed by atoms with Crippen molar-refractivity contribution in [3.63, 3.8) is 0 Å². The first-order valence-corrected chi connectivity index (χ1v) is 9.03. The molecule has 0 saturated heterocycles. The Labute approximate surface area is 157 Å². The lowest BCUT2D eigenvalue weighted by molar-refractivity contribution is -0.141. The van der Waals surface area contributed by atoms with Crippen molar-refractivity contribution in [3.05, 3.63) is 66.1 Å². The Morgan fingerprint density at radius 2 is 2.00 bits per heavy atom. The molecule has 1 amide bonds. The van der Waals surface area contributed by atoms with Crippen molar-refractivity contribution in [2.75, 3.05) is 6.54 Å².